The number of pyridine rings is 1. The van der Waals surface area contributed by atoms with E-state index in [0.29, 0.717) is 0 Å². The van der Waals surface area contributed by atoms with E-state index >= 15 is 0 Å². The number of ether oxygens (including phenoxy) is 1. The van der Waals surface area contributed by atoms with Gasteiger partial charge in [0.2, 0.25) is 0 Å². The Morgan fingerprint density at radius 2 is 1.95 bits per heavy atom. The number of nitrogens with zero attached hydrogens (tertiary/aromatic N) is 1. The van der Waals surface area contributed by atoms with E-state index < -0.39 is 0 Å². The van der Waals surface area contributed by atoms with Crippen molar-refractivity contribution >= 4 is 10.9 Å². The van der Waals surface area contributed by atoms with Gasteiger partial charge in [-0.3, -0.25) is 4.79 Å². The number of fused-ring (bicyclic) bond motifs is 1. The molecule has 96 valence electrons. The zero-order valence-electron chi connectivity index (χ0n) is 10.6. The van der Waals surface area contributed by atoms with Gasteiger partial charge in [0.25, 0.3) is 5.56 Å². The van der Waals surface area contributed by atoms with Crippen LogP contribution in [0.2, 0.25) is 0 Å². The van der Waals surface area contributed by atoms with Crippen LogP contribution in [-0.2, 0) is 6.54 Å². The summed E-state index contributed by atoms with van der Waals surface area (Å²) >= 11 is 0. The zero-order chi connectivity index (χ0) is 13.2. The second-order valence-electron chi connectivity index (χ2n) is 4.40. The van der Waals surface area contributed by atoms with Gasteiger partial charge in [-0.1, -0.05) is 12.1 Å². The predicted octanol–water partition coefficient (Wildman–Crippen LogP) is 2.39. The predicted molar refractivity (Wildman–Crippen MR) is 74.7 cm³/mol. The summed E-state index contributed by atoms with van der Waals surface area (Å²) in [5.74, 6) is 0.845. The third kappa shape index (κ3) is 2.12. The Morgan fingerprint density at radius 1 is 1.16 bits per heavy atom. The highest BCUT2D eigenvalue weighted by Gasteiger charge is 2.04. The second-order valence-corrected chi connectivity index (χ2v) is 4.40. The Labute approximate surface area is 110 Å². The molecule has 3 rings (SSSR count). The minimum absolute atomic E-state index is 0.0500. The molecule has 4 nitrogen and oxygen atoms in total. The molecule has 19 heavy (non-hydrogen) atoms. The Bertz CT molecular complexity index is 754. The molecular formula is C15H14N2O2. The molecule has 0 radical (unpaired) electrons. The number of nitrogens with one attached hydrogen (secondary N) is 1. The van der Waals surface area contributed by atoms with Crippen LogP contribution < -0.4 is 10.3 Å². The number of methoxy groups -OCH3 is 1. The van der Waals surface area contributed by atoms with Gasteiger partial charge in [0.05, 0.1) is 18.0 Å². The van der Waals surface area contributed by atoms with Crippen LogP contribution >= 0.6 is 0 Å². The second kappa shape index (κ2) is 4.65. The first-order valence-electron chi connectivity index (χ1n) is 6.07. The maximum Gasteiger partial charge on any atom is 0.257 e. The summed E-state index contributed by atoms with van der Waals surface area (Å²) in [5, 5.41) is 0.719. The highest BCUT2D eigenvalue weighted by atomic mass is 16.5. The van der Waals surface area contributed by atoms with Gasteiger partial charge in [0, 0.05) is 18.9 Å². The van der Waals surface area contributed by atoms with E-state index in [0.717, 1.165) is 23.2 Å². The van der Waals surface area contributed by atoms with Gasteiger partial charge in [-0.2, -0.15) is 0 Å². The Balaban J connectivity index is 1.96. The third-order valence-corrected chi connectivity index (χ3v) is 3.22. The maximum absolute atomic E-state index is 11.6. The Kier molecular flexibility index (Phi) is 2.83. The highest BCUT2D eigenvalue weighted by Crippen LogP contribution is 2.16. The number of aromatic amines is 1. The van der Waals surface area contributed by atoms with Crippen LogP contribution in [0.4, 0.5) is 0 Å². The molecule has 0 bridgehead atoms. The molecule has 1 N–H and O–H groups in total. The summed E-state index contributed by atoms with van der Waals surface area (Å²) in [7, 11) is 1.65. The topological polar surface area (TPSA) is 47.0 Å². The van der Waals surface area contributed by atoms with E-state index in [4.69, 9.17) is 4.74 Å². The lowest BCUT2D eigenvalue weighted by Gasteiger charge is -2.06. The Hall–Kier alpha value is -2.49. The SMILES string of the molecule is COc1ccc(Cn2ccc3c(=O)[nH]ccc32)cc1. The van der Waals surface area contributed by atoms with Crippen molar-refractivity contribution in [2.24, 2.45) is 0 Å². The smallest absolute Gasteiger partial charge is 0.257 e. The Morgan fingerprint density at radius 3 is 2.68 bits per heavy atom. The van der Waals surface area contributed by atoms with Gasteiger partial charge in [0.1, 0.15) is 5.75 Å². The van der Waals surface area contributed by atoms with E-state index in [1.54, 1.807) is 13.3 Å². The third-order valence-electron chi connectivity index (χ3n) is 3.22. The van der Waals surface area contributed by atoms with Crippen molar-refractivity contribution in [3.63, 3.8) is 0 Å². The molecule has 0 saturated carbocycles. The van der Waals surface area contributed by atoms with Gasteiger partial charge in [0.15, 0.2) is 0 Å². The van der Waals surface area contributed by atoms with Crippen molar-refractivity contribution < 1.29 is 4.74 Å². The van der Waals surface area contributed by atoms with Gasteiger partial charge >= 0.3 is 0 Å². The van der Waals surface area contributed by atoms with Crippen LogP contribution in [0.25, 0.3) is 10.9 Å². The molecule has 0 aliphatic rings. The average Bonchev–Trinajstić information content (AvgIpc) is 2.84. The average molecular weight is 254 g/mol. The normalized spacial score (nSPS) is 10.8. The van der Waals surface area contributed by atoms with Crippen LogP contribution in [0.1, 0.15) is 5.56 Å². The summed E-state index contributed by atoms with van der Waals surface area (Å²) < 4.78 is 7.20. The molecule has 0 fully saturated rings. The number of rotatable bonds is 3. The first-order valence-corrected chi connectivity index (χ1v) is 6.07. The maximum atomic E-state index is 11.6. The van der Waals surface area contributed by atoms with E-state index in [-0.39, 0.29) is 5.56 Å². The molecule has 2 aromatic heterocycles. The van der Waals surface area contributed by atoms with Crippen molar-refractivity contribution in [2.45, 2.75) is 6.54 Å². The quantitative estimate of drug-likeness (QED) is 0.780. The molecule has 0 spiro atoms. The first kappa shape index (κ1) is 11.6. The van der Waals surface area contributed by atoms with Crippen molar-refractivity contribution in [3.8, 4) is 5.75 Å². The van der Waals surface area contributed by atoms with Crippen LogP contribution in [0.15, 0.2) is 53.6 Å². The number of benzene rings is 1. The molecular weight excluding hydrogens is 240 g/mol. The number of hydrogen-bond acceptors (Lipinski definition) is 2. The standard InChI is InChI=1S/C15H14N2O2/c1-19-12-4-2-11(3-5-12)10-17-9-7-13-14(17)6-8-16-15(13)18/h2-9H,10H2,1H3,(H,16,18). The van der Waals surface area contributed by atoms with Crippen LogP contribution in [0, 0.1) is 0 Å². The monoisotopic (exact) mass is 254 g/mol. The largest absolute Gasteiger partial charge is 0.497 e. The minimum atomic E-state index is -0.0500. The highest BCUT2D eigenvalue weighted by molar-refractivity contribution is 5.78. The van der Waals surface area contributed by atoms with Gasteiger partial charge < -0.3 is 14.3 Å². The summed E-state index contributed by atoms with van der Waals surface area (Å²) in [6, 6.07) is 11.7. The molecule has 4 heteroatoms. The number of H-pyrrole nitrogens is 1. The molecule has 0 atom stereocenters. The van der Waals surface area contributed by atoms with E-state index in [1.807, 2.05) is 42.6 Å². The summed E-state index contributed by atoms with van der Waals surface area (Å²) in [6.45, 7) is 0.733. The van der Waals surface area contributed by atoms with Crippen molar-refractivity contribution in [1.82, 2.24) is 9.55 Å². The molecule has 0 saturated heterocycles. The van der Waals surface area contributed by atoms with Crippen molar-refractivity contribution in [3.05, 3.63) is 64.7 Å². The lowest BCUT2D eigenvalue weighted by molar-refractivity contribution is 0.414. The molecule has 0 unspecified atom stereocenters. The fourth-order valence-electron chi connectivity index (χ4n) is 2.20. The summed E-state index contributed by atoms with van der Waals surface area (Å²) in [5.41, 5.74) is 2.06. The van der Waals surface area contributed by atoms with Gasteiger partial charge in [-0.25, -0.2) is 0 Å². The first-order chi connectivity index (χ1) is 9.28. The molecule has 0 aliphatic carbocycles. The van der Waals surface area contributed by atoms with E-state index in [2.05, 4.69) is 9.55 Å². The van der Waals surface area contributed by atoms with Gasteiger partial charge in [-0.15, -0.1) is 0 Å². The van der Waals surface area contributed by atoms with Crippen molar-refractivity contribution in [2.75, 3.05) is 7.11 Å². The fraction of sp³-hybridized carbons (Fsp3) is 0.133. The molecule has 0 amide bonds. The van der Waals surface area contributed by atoms with Crippen LogP contribution in [-0.4, -0.2) is 16.7 Å². The number of aromatic nitrogens is 2. The fourth-order valence-corrected chi connectivity index (χ4v) is 2.20. The molecule has 3 aromatic rings. The minimum Gasteiger partial charge on any atom is -0.497 e. The number of hydrogen-bond donors (Lipinski definition) is 1. The van der Waals surface area contributed by atoms with Gasteiger partial charge in [-0.05, 0) is 29.8 Å². The summed E-state index contributed by atoms with van der Waals surface area (Å²) in [4.78, 5) is 14.3. The van der Waals surface area contributed by atoms with Crippen LogP contribution in [0.5, 0.6) is 5.75 Å². The molecule has 0 aliphatic heterocycles. The molecule has 1 aromatic carbocycles. The zero-order valence-corrected chi connectivity index (χ0v) is 10.6. The summed E-state index contributed by atoms with van der Waals surface area (Å²) in [6.07, 6.45) is 3.61. The van der Waals surface area contributed by atoms with Crippen molar-refractivity contribution in [1.29, 1.82) is 0 Å². The van der Waals surface area contributed by atoms with E-state index in [9.17, 15) is 4.79 Å². The lowest BCUT2D eigenvalue weighted by Crippen LogP contribution is -2.05. The molecule has 2 heterocycles. The van der Waals surface area contributed by atoms with E-state index in [1.165, 1.54) is 5.56 Å². The lowest BCUT2D eigenvalue weighted by atomic mass is 10.2. The van der Waals surface area contributed by atoms with Crippen LogP contribution in [0.3, 0.4) is 0 Å².